The lowest BCUT2D eigenvalue weighted by Gasteiger charge is -2.13. The van der Waals surface area contributed by atoms with E-state index in [1.807, 2.05) is 13.8 Å². The highest BCUT2D eigenvalue weighted by Gasteiger charge is 2.13. The molecule has 0 unspecified atom stereocenters. The summed E-state index contributed by atoms with van der Waals surface area (Å²) in [6.07, 6.45) is 1.43. The molecule has 9 nitrogen and oxygen atoms in total. The van der Waals surface area contributed by atoms with Gasteiger partial charge < -0.3 is 29.8 Å². The number of furan rings is 1. The highest BCUT2D eigenvalue weighted by Crippen LogP contribution is 2.28. The fraction of sp³-hybridized carbons (Fsp3) is 0.240. The summed E-state index contributed by atoms with van der Waals surface area (Å²) in [4.78, 5) is 36.4. The number of anilines is 1. The van der Waals surface area contributed by atoms with Crippen LogP contribution in [0.5, 0.6) is 11.5 Å². The minimum Gasteiger partial charge on any atom is -0.493 e. The normalized spacial score (nSPS) is 10.5. The number of benzene rings is 2. The zero-order valence-electron chi connectivity index (χ0n) is 19.2. The summed E-state index contributed by atoms with van der Waals surface area (Å²) in [5.74, 6) is 0.0600. The first-order valence-electron chi connectivity index (χ1n) is 10.7. The number of methoxy groups -OCH3 is 1. The van der Waals surface area contributed by atoms with Gasteiger partial charge in [0.05, 0.1) is 13.4 Å². The summed E-state index contributed by atoms with van der Waals surface area (Å²) < 4.78 is 15.9. The van der Waals surface area contributed by atoms with Gasteiger partial charge in [0.15, 0.2) is 23.9 Å². The molecule has 178 valence electrons. The van der Waals surface area contributed by atoms with Crippen LogP contribution in [0.25, 0.3) is 0 Å². The number of carbonyl (C=O) groups is 3. The van der Waals surface area contributed by atoms with Gasteiger partial charge >= 0.3 is 0 Å². The number of rotatable bonds is 10. The molecule has 1 aromatic heterocycles. The molecule has 0 bridgehead atoms. The SMILES string of the molecule is COc1cc(C(=O)NCc2ccc(NC(=O)c3ccco3)cc2)ccc1OCC(=O)NC(C)C. The Bertz CT molecular complexity index is 1120. The van der Waals surface area contributed by atoms with Crippen LogP contribution in [0.3, 0.4) is 0 Å². The Morgan fingerprint density at radius 2 is 1.74 bits per heavy atom. The van der Waals surface area contributed by atoms with E-state index in [1.165, 1.54) is 13.4 Å². The topological polar surface area (TPSA) is 119 Å². The Hall–Kier alpha value is -4.27. The van der Waals surface area contributed by atoms with Crippen LogP contribution < -0.4 is 25.4 Å². The minimum absolute atomic E-state index is 0.0146. The molecule has 0 aliphatic heterocycles. The van der Waals surface area contributed by atoms with Crippen molar-refractivity contribution in [3.05, 3.63) is 77.7 Å². The van der Waals surface area contributed by atoms with Crippen molar-refractivity contribution < 1.29 is 28.3 Å². The quantitative estimate of drug-likeness (QED) is 0.422. The smallest absolute Gasteiger partial charge is 0.291 e. The molecule has 9 heteroatoms. The maximum absolute atomic E-state index is 12.6. The number of hydrogen-bond acceptors (Lipinski definition) is 6. The van der Waals surface area contributed by atoms with Gasteiger partial charge in [-0.05, 0) is 61.9 Å². The second kappa shape index (κ2) is 11.6. The van der Waals surface area contributed by atoms with Crippen LogP contribution in [0.15, 0.2) is 65.3 Å². The Balaban J connectivity index is 1.53. The van der Waals surface area contributed by atoms with Crippen molar-refractivity contribution in [2.75, 3.05) is 19.0 Å². The number of hydrogen-bond donors (Lipinski definition) is 3. The fourth-order valence-corrected chi connectivity index (χ4v) is 3.03. The molecule has 2 aromatic carbocycles. The number of amides is 3. The number of nitrogens with one attached hydrogen (secondary N) is 3. The third-order valence-electron chi connectivity index (χ3n) is 4.64. The van der Waals surface area contributed by atoms with Crippen LogP contribution in [0.2, 0.25) is 0 Å². The van der Waals surface area contributed by atoms with E-state index in [4.69, 9.17) is 13.9 Å². The van der Waals surface area contributed by atoms with Gasteiger partial charge in [-0.25, -0.2) is 0 Å². The lowest BCUT2D eigenvalue weighted by molar-refractivity contribution is -0.123. The predicted octanol–water partition coefficient (Wildman–Crippen LogP) is 3.37. The molecule has 3 amide bonds. The van der Waals surface area contributed by atoms with E-state index >= 15 is 0 Å². The summed E-state index contributed by atoms with van der Waals surface area (Å²) in [6, 6.07) is 15.1. The highest BCUT2D eigenvalue weighted by molar-refractivity contribution is 6.02. The first-order chi connectivity index (χ1) is 16.4. The Kier molecular flexibility index (Phi) is 8.28. The molecule has 0 radical (unpaired) electrons. The van der Waals surface area contributed by atoms with Gasteiger partial charge in [0.25, 0.3) is 17.7 Å². The lowest BCUT2D eigenvalue weighted by Crippen LogP contribution is -2.34. The Labute approximate surface area is 197 Å². The predicted molar refractivity (Wildman–Crippen MR) is 126 cm³/mol. The molecule has 1 heterocycles. The molecule has 3 rings (SSSR count). The summed E-state index contributed by atoms with van der Waals surface area (Å²) >= 11 is 0. The van der Waals surface area contributed by atoms with Gasteiger partial charge in [-0.3, -0.25) is 14.4 Å². The molecule has 3 N–H and O–H groups in total. The average Bonchev–Trinajstić information content (AvgIpc) is 3.37. The van der Waals surface area contributed by atoms with Gasteiger partial charge in [-0.1, -0.05) is 12.1 Å². The van der Waals surface area contributed by atoms with Crippen molar-refractivity contribution in [1.82, 2.24) is 10.6 Å². The van der Waals surface area contributed by atoms with E-state index < -0.39 is 0 Å². The van der Waals surface area contributed by atoms with Crippen molar-refractivity contribution in [2.45, 2.75) is 26.4 Å². The van der Waals surface area contributed by atoms with Crippen LogP contribution in [-0.2, 0) is 11.3 Å². The third kappa shape index (κ3) is 6.86. The molecule has 0 aliphatic carbocycles. The Morgan fingerprint density at radius 3 is 2.38 bits per heavy atom. The molecular formula is C25H27N3O6. The maximum atomic E-state index is 12.6. The van der Waals surface area contributed by atoms with Crippen molar-refractivity contribution >= 4 is 23.4 Å². The second-order valence-corrected chi connectivity index (χ2v) is 7.69. The summed E-state index contributed by atoms with van der Waals surface area (Å²) in [6.45, 7) is 3.86. The van der Waals surface area contributed by atoms with Crippen molar-refractivity contribution in [1.29, 1.82) is 0 Å². The van der Waals surface area contributed by atoms with Crippen LogP contribution in [0.1, 0.15) is 40.3 Å². The highest BCUT2D eigenvalue weighted by atomic mass is 16.5. The van der Waals surface area contributed by atoms with E-state index in [0.29, 0.717) is 29.3 Å². The van der Waals surface area contributed by atoms with E-state index in [-0.39, 0.29) is 36.1 Å². The molecule has 0 saturated carbocycles. The zero-order chi connectivity index (χ0) is 24.5. The molecular weight excluding hydrogens is 438 g/mol. The first kappa shape index (κ1) is 24.4. The summed E-state index contributed by atoms with van der Waals surface area (Å²) in [5.41, 5.74) is 1.85. The lowest BCUT2D eigenvalue weighted by atomic mass is 10.1. The monoisotopic (exact) mass is 465 g/mol. The molecule has 0 aliphatic rings. The largest absolute Gasteiger partial charge is 0.493 e. The standard InChI is InChI=1S/C25H27N3O6/c1-16(2)27-23(29)15-34-20-11-8-18(13-22(20)32-3)24(30)26-14-17-6-9-19(10-7-17)28-25(31)21-5-4-12-33-21/h4-13,16H,14-15H2,1-3H3,(H,26,30)(H,27,29)(H,28,31). The zero-order valence-corrected chi connectivity index (χ0v) is 19.2. The molecule has 34 heavy (non-hydrogen) atoms. The van der Waals surface area contributed by atoms with Crippen LogP contribution in [-0.4, -0.2) is 37.5 Å². The first-order valence-corrected chi connectivity index (χ1v) is 10.7. The summed E-state index contributed by atoms with van der Waals surface area (Å²) in [5, 5.41) is 8.31. The van der Waals surface area contributed by atoms with Crippen molar-refractivity contribution in [2.24, 2.45) is 0 Å². The molecule has 0 spiro atoms. The van der Waals surface area contributed by atoms with Crippen LogP contribution in [0, 0.1) is 0 Å². The molecule has 0 atom stereocenters. The number of carbonyl (C=O) groups excluding carboxylic acids is 3. The van der Waals surface area contributed by atoms with E-state index in [9.17, 15) is 14.4 Å². The summed E-state index contributed by atoms with van der Waals surface area (Å²) in [7, 11) is 1.46. The molecule has 0 fully saturated rings. The van der Waals surface area contributed by atoms with Gasteiger partial charge in [-0.2, -0.15) is 0 Å². The Morgan fingerprint density at radius 1 is 0.971 bits per heavy atom. The van der Waals surface area contributed by atoms with Gasteiger partial charge in [-0.15, -0.1) is 0 Å². The average molecular weight is 466 g/mol. The van der Waals surface area contributed by atoms with Gasteiger partial charge in [0, 0.05) is 23.8 Å². The number of ether oxygens (including phenoxy) is 2. The van der Waals surface area contributed by atoms with Crippen LogP contribution in [0.4, 0.5) is 5.69 Å². The van der Waals surface area contributed by atoms with E-state index in [0.717, 1.165) is 5.56 Å². The van der Waals surface area contributed by atoms with Crippen molar-refractivity contribution in [3.8, 4) is 11.5 Å². The van der Waals surface area contributed by atoms with Crippen LogP contribution >= 0.6 is 0 Å². The molecule has 3 aromatic rings. The fourth-order valence-electron chi connectivity index (χ4n) is 3.03. The second-order valence-electron chi connectivity index (χ2n) is 7.69. The maximum Gasteiger partial charge on any atom is 0.291 e. The molecule has 0 saturated heterocycles. The van der Waals surface area contributed by atoms with Gasteiger partial charge in [0.1, 0.15) is 0 Å². The third-order valence-corrected chi connectivity index (χ3v) is 4.64. The van der Waals surface area contributed by atoms with E-state index in [1.54, 1.807) is 54.6 Å². The van der Waals surface area contributed by atoms with E-state index in [2.05, 4.69) is 16.0 Å². The minimum atomic E-state index is -0.340. The van der Waals surface area contributed by atoms with Gasteiger partial charge in [0.2, 0.25) is 0 Å². The van der Waals surface area contributed by atoms with Crippen molar-refractivity contribution in [3.63, 3.8) is 0 Å².